The van der Waals surface area contributed by atoms with Crippen molar-refractivity contribution in [3.63, 3.8) is 0 Å². The van der Waals surface area contributed by atoms with Crippen LogP contribution in [0.3, 0.4) is 0 Å². The van der Waals surface area contributed by atoms with Gasteiger partial charge in [0, 0.05) is 36.5 Å². The number of nitrogen functional groups attached to an aromatic ring is 1. The molecule has 0 saturated carbocycles. The van der Waals surface area contributed by atoms with E-state index in [9.17, 15) is 0 Å². The summed E-state index contributed by atoms with van der Waals surface area (Å²) in [6.07, 6.45) is 1.32. The lowest BCUT2D eigenvalue weighted by molar-refractivity contribution is 0.188. The van der Waals surface area contributed by atoms with Crippen LogP contribution in [0.4, 0.5) is 5.13 Å². The number of aromatic nitrogens is 1. The molecule has 2 saturated heterocycles. The second kappa shape index (κ2) is 4.34. The Hall–Kier alpha value is -0.820. The van der Waals surface area contributed by atoms with Crippen LogP contribution in [-0.4, -0.2) is 35.5 Å². The number of nitrogens with two attached hydrogens (primary N) is 1. The fourth-order valence-corrected chi connectivity index (χ4v) is 4.83. The maximum atomic E-state index is 5.75. The van der Waals surface area contributed by atoms with E-state index in [1.165, 1.54) is 42.2 Å². The minimum absolute atomic E-state index is 0.562. The summed E-state index contributed by atoms with van der Waals surface area (Å²) in [5.41, 5.74) is 7.32. The zero-order chi connectivity index (χ0) is 12.9. The monoisotopic (exact) mass is 292 g/mol. The van der Waals surface area contributed by atoms with Crippen molar-refractivity contribution in [2.24, 2.45) is 5.41 Å². The summed E-state index contributed by atoms with van der Waals surface area (Å²) in [7, 11) is 0. The van der Waals surface area contributed by atoms with Crippen molar-refractivity contribution in [2.75, 3.05) is 31.9 Å². The first-order valence-electron chi connectivity index (χ1n) is 6.52. The highest BCUT2D eigenvalue weighted by Gasteiger charge is 2.43. The Balaban J connectivity index is 1.51. The summed E-state index contributed by atoms with van der Waals surface area (Å²) < 4.78 is 3.67. The van der Waals surface area contributed by atoms with Gasteiger partial charge >= 0.3 is 0 Å². The van der Waals surface area contributed by atoms with Crippen molar-refractivity contribution in [2.45, 2.75) is 11.3 Å². The Labute approximate surface area is 120 Å². The summed E-state index contributed by atoms with van der Waals surface area (Å²) in [5.74, 6) is 0. The van der Waals surface area contributed by atoms with E-state index < -0.39 is 0 Å². The van der Waals surface area contributed by atoms with E-state index >= 15 is 0 Å². The molecule has 1 aromatic heterocycles. The molecule has 0 amide bonds. The lowest BCUT2D eigenvalue weighted by Gasteiger charge is -2.39. The highest BCUT2D eigenvalue weighted by atomic mass is 32.2. The van der Waals surface area contributed by atoms with Gasteiger partial charge in [-0.25, -0.2) is 9.29 Å². The molecule has 0 atom stereocenters. The number of benzene rings is 1. The average Bonchev–Trinajstić information content (AvgIpc) is 2.91. The quantitative estimate of drug-likeness (QED) is 0.831. The number of nitrogens with one attached hydrogen (secondary N) is 1. The molecule has 19 heavy (non-hydrogen) atoms. The molecule has 3 N–H and O–H groups in total. The van der Waals surface area contributed by atoms with Crippen molar-refractivity contribution in [3.05, 3.63) is 18.2 Å². The van der Waals surface area contributed by atoms with Gasteiger partial charge in [0.05, 0.1) is 10.2 Å². The highest BCUT2D eigenvalue weighted by molar-refractivity contribution is 7.97. The molecule has 2 aliphatic rings. The predicted molar refractivity (Wildman–Crippen MR) is 81.4 cm³/mol. The molecule has 2 aliphatic heterocycles. The first kappa shape index (κ1) is 12.0. The van der Waals surface area contributed by atoms with Gasteiger partial charge in [0.15, 0.2) is 5.13 Å². The minimum atomic E-state index is 0.562. The van der Waals surface area contributed by atoms with E-state index in [1.807, 2.05) is 11.9 Å². The number of fused-ring (bicyclic) bond motifs is 1. The lowest BCUT2D eigenvalue weighted by atomic mass is 9.81. The van der Waals surface area contributed by atoms with Crippen LogP contribution >= 0.6 is 23.3 Å². The maximum Gasteiger partial charge on any atom is 0.181 e. The maximum absolute atomic E-state index is 5.75. The molecule has 3 heterocycles. The summed E-state index contributed by atoms with van der Waals surface area (Å²) >= 11 is 3.43. The molecule has 4 rings (SSSR count). The first-order valence-corrected chi connectivity index (χ1v) is 8.11. The third-order valence-electron chi connectivity index (χ3n) is 4.01. The smallest absolute Gasteiger partial charge is 0.181 e. The van der Waals surface area contributed by atoms with Crippen LogP contribution in [-0.2, 0) is 0 Å². The molecule has 0 radical (unpaired) electrons. The molecule has 6 heteroatoms. The number of anilines is 1. The van der Waals surface area contributed by atoms with Crippen molar-refractivity contribution >= 4 is 38.6 Å². The predicted octanol–water partition coefficient (Wildman–Crippen LogP) is 2.18. The number of hydrogen-bond acceptors (Lipinski definition) is 6. The molecule has 0 aliphatic carbocycles. The van der Waals surface area contributed by atoms with Gasteiger partial charge in [-0.3, -0.25) is 0 Å². The SMILES string of the molecule is Nc1nc2ccc(SN3CCC4(CNC4)C3)cc2s1. The van der Waals surface area contributed by atoms with E-state index in [0.717, 1.165) is 5.52 Å². The Morgan fingerprint density at radius 1 is 1.42 bits per heavy atom. The van der Waals surface area contributed by atoms with Crippen LogP contribution in [0.5, 0.6) is 0 Å². The molecule has 2 aromatic rings. The van der Waals surface area contributed by atoms with Crippen molar-refractivity contribution in [3.8, 4) is 0 Å². The number of nitrogens with zero attached hydrogens (tertiary/aromatic N) is 2. The number of thiazole rings is 1. The Morgan fingerprint density at radius 3 is 3.05 bits per heavy atom. The van der Waals surface area contributed by atoms with Gasteiger partial charge in [0.25, 0.3) is 0 Å². The first-order chi connectivity index (χ1) is 9.22. The van der Waals surface area contributed by atoms with E-state index in [4.69, 9.17) is 5.73 Å². The third kappa shape index (κ3) is 2.12. The third-order valence-corrected chi connectivity index (χ3v) is 5.90. The summed E-state index contributed by atoms with van der Waals surface area (Å²) in [5, 5.41) is 4.05. The van der Waals surface area contributed by atoms with Gasteiger partial charge < -0.3 is 11.1 Å². The Morgan fingerprint density at radius 2 is 2.32 bits per heavy atom. The van der Waals surface area contributed by atoms with E-state index in [-0.39, 0.29) is 0 Å². The molecule has 2 fully saturated rings. The Bertz CT molecular complexity index is 620. The van der Waals surface area contributed by atoms with Crippen LogP contribution in [0.1, 0.15) is 6.42 Å². The van der Waals surface area contributed by atoms with Crippen molar-refractivity contribution in [1.29, 1.82) is 0 Å². The zero-order valence-corrected chi connectivity index (χ0v) is 12.2. The van der Waals surface area contributed by atoms with Crippen LogP contribution < -0.4 is 11.1 Å². The largest absolute Gasteiger partial charge is 0.375 e. The molecule has 1 aromatic carbocycles. The van der Waals surface area contributed by atoms with Gasteiger partial charge in [-0.1, -0.05) is 11.3 Å². The van der Waals surface area contributed by atoms with Crippen molar-refractivity contribution < 1.29 is 0 Å². The summed E-state index contributed by atoms with van der Waals surface area (Å²) in [6.45, 7) is 4.77. The standard InChI is InChI=1S/C13H16N4S2/c14-12-16-10-2-1-9(5-11(10)18-12)19-17-4-3-13(8-17)6-15-7-13/h1-2,5,15H,3-4,6-8H2,(H2,14,16). The van der Waals surface area contributed by atoms with E-state index in [0.29, 0.717) is 10.5 Å². The van der Waals surface area contributed by atoms with Gasteiger partial charge in [-0.15, -0.1) is 0 Å². The second-order valence-corrected chi connectivity index (χ2v) is 7.72. The number of hydrogen-bond donors (Lipinski definition) is 2. The van der Waals surface area contributed by atoms with E-state index in [2.05, 4.69) is 32.8 Å². The zero-order valence-electron chi connectivity index (χ0n) is 10.6. The molecule has 100 valence electrons. The molecule has 4 nitrogen and oxygen atoms in total. The topological polar surface area (TPSA) is 54.2 Å². The molecular formula is C13H16N4S2. The number of rotatable bonds is 2. The van der Waals surface area contributed by atoms with Crippen LogP contribution in [0.15, 0.2) is 23.1 Å². The molecule has 0 unspecified atom stereocenters. The van der Waals surface area contributed by atoms with Gasteiger partial charge in [-0.05, 0) is 36.6 Å². The van der Waals surface area contributed by atoms with Gasteiger partial charge in [0.1, 0.15) is 0 Å². The lowest BCUT2D eigenvalue weighted by Crippen LogP contribution is -2.54. The van der Waals surface area contributed by atoms with Crippen LogP contribution in [0.2, 0.25) is 0 Å². The summed E-state index contributed by atoms with van der Waals surface area (Å²) in [4.78, 5) is 5.59. The normalized spacial score (nSPS) is 22.1. The average molecular weight is 292 g/mol. The molecule has 1 spiro atoms. The fraction of sp³-hybridized carbons (Fsp3) is 0.462. The fourth-order valence-electron chi connectivity index (χ4n) is 2.87. The second-order valence-electron chi connectivity index (χ2n) is 5.49. The minimum Gasteiger partial charge on any atom is -0.375 e. The highest BCUT2D eigenvalue weighted by Crippen LogP contribution is 2.39. The Kier molecular flexibility index (Phi) is 2.73. The van der Waals surface area contributed by atoms with Gasteiger partial charge in [0.2, 0.25) is 0 Å². The van der Waals surface area contributed by atoms with Crippen molar-refractivity contribution in [1.82, 2.24) is 14.6 Å². The van der Waals surface area contributed by atoms with Crippen LogP contribution in [0, 0.1) is 5.41 Å². The van der Waals surface area contributed by atoms with Gasteiger partial charge in [-0.2, -0.15) is 0 Å². The molecular weight excluding hydrogens is 276 g/mol. The van der Waals surface area contributed by atoms with E-state index in [1.54, 1.807) is 11.3 Å². The van der Waals surface area contributed by atoms with Crippen LogP contribution in [0.25, 0.3) is 10.2 Å². The molecule has 0 bridgehead atoms. The summed E-state index contributed by atoms with van der Waals surface area (Å²) in [6, 6.07) is 6.43.